The third-order valence-electron chi connectivity index (χ3n) is 4.09. The van der Waals surface area contributed by atoms with Crippen LogP contribution in [0.3, 0.4) is 0 Å². The van der Waals surface area contributed by atoms with E-state index in [-0.39, 0.29) is 18.4 Å². The topological polar surface area (TPSA) is 66.6 Å². The van der Waals surface area contributed by atoms with Gasteiger partial charge in [-0.05, 0) is 31.6 Å². The molecule has 114 valence electrons. The second kappa shape index (κ2) is 7.22. The van der Waals surface area contributed by atoms with Crippen LogP contribution in [0.15, 0.2) is 0 Å². The van der Waals surface area contributed by atoms with Crippen molar-refractivity contribution in [1.29, 1.82) is 0 Å². The number of hydrogen-bond donors (Lipinski definition) is 1. The van der Waals surface area contributed by atoms with Gasteiger partial charge in [-0.2, -0.15) is 17.0 Å². The Balaban J connectivity index is 0.00000180. The standard InChI is InChI=1S/C12H25N3O2S.ClH/c1-11-5-4-7-14(10-11)18(16,17)15-8-3-2-6-12(15)9-13;/h11-12H,2-10,13H2,1H3;1H. The van der Waals surface area contributed by atoms with E-state index in [9.17, 15) is 8.42 Å². The van der Waals surface area contributed by atoms with E-state index in [1.54, 1.807) is 8.61 Å². The van der Waals surface area contributed by atoms with E-state index in [0.29, 0.717) is 32.1 Å². The second-order valence-electron chi connectivity index (χ2n) is 5.61. The van der Waals surface area contributed by atoms with Gasteiger partial charge in [0, 0.05) is 32.2 Å². The molecule has 2 fully saturated rings. The summed E-state index contributed by atoms with van der Waals surface area (Å²) in [4.78, 5) is 0. The van der Waals surface area contributed by atoms with Crippen molar-refractivity contribution < 1.29 is 8.42 Å². The van der Waals surface area contributed by atoms with Crippen molar-refractivity contribution in [1.82, 2.24) is 8.61 Å². The summed E-state index contributed by atoms with van der Waals surface area (Å²) >= 11 is 0. The molecule has 0 aromatic heterocycles. The van der Waals surface area contributed by atoms with Gasteiger partial charge in [-0.1, -0.05) is 13.3 Å². The van der Waals surface area contributed by atoms with E-state index >= 15 is 0 Å². The smallest absolute Gasteiger partial charge is 0.282 e. The van der Waals surface area contributed by atoms with Crippen LogP contribution >= 0.6 is 12.4 Å². The van der Waals surface area contributed by atoms with Gasteiger partial charge in [0.2, 0.25) is 0 Å². The highest BCUT2D eigenvalue weighted by Gasteiger charge is 2.37. The maximum Gasteiger partial charge on any atom is 0.282 e. The molecular formula is C12H26ClN3O2S. The Morgan fingerprint density at radius 1 is 1.16 bits per heavy atom. The Labute approximate surface area is 123 Å². The molecule has 2 aliphatic heterocycles. The van der Waals surface area contributed by atoms with Crippen LogP contribution in [0, 0.1) is 5.92 Å². The predicted molar refractivity (Wildman–Crippen MR) is 79.5 cm³/mol. The lowest BCUT2D eigenvalue weighted by molar-refractivity contribution is 0.213. The molecule has 0 radical (unpaired) electrons. The Morgan fingerprint density at radius 3 is 2.53 bits per heavy atom. The first-order valence-electron chi connectivity index (χ1n) is 7.02. The lowest BCUT2D eigenvalue weighted by Gasteiger charge is -2.39. The van der Waals surface area contributed by atoms with Crippen molar-refractivity contribution in [2.45, 2.75) is 45.1 Å². The first kappa shape index (κ1) is 17.2. The molecule has 0 aromatic carbocycles. The number of hydrogen-bond acceptors (Lipinski definition) is 3. The van der Waals surface area contributed by atoms with Crippen LogP contribution in [-0.4, -0.2) is 49.2 Å². The number of rotatable bonds is 3. The summed E-state index contributed by atoms with van der Waals surface area (Å²) in [5.41, 5.74) is 5.72. The number of nitrogens with two attached hydrogens (primary N) is 1. The van der Waals surface area contributed by atoms with Crippen molar-refractivity contribution in [2.24, 2.45) is 11.7 Å². The Hall–Kier alpha value is 0.120. The molecule has 0 spiro atoms. The summed E-state index contributed by atoms with van der Waals surface area (Å²) in [7, 11) is -3.29. The minimum atomic E-state index is -3.29. The van der Waals surface area contributed by atoms with Crippen LogP contribution in [0.25, 0.3) is 0 Å². The van der Waals surface area contributed by atoms with Crippen LogP contribution < -0.4 is 5.73 Å². The lowest BCUT2D eigenvalue weighted by atomic mass is 10.0. The van der Waals surface area contributed by atoms with E-state index in [2.05, 4.69) is 6.92 Å². The molecule has 5 nitrogen and oxygen atoms in total. The summed E-state index contributed by atoms with van der Waals surface area (Å²) in [5.74, 6) is 0.467. The van der Waals surface area contributed by atoms with Crippen molar-refractivity contribution >= 4 is 22.6 Å². The first-order valence-corrected chi connectivity index (χ1v) is 8.42. The van der Waals surface area contributed by atoms with E-state index in [1.807, 2.05) is 0 Å². The first-order chi connectivity index (χ1) is 8.55. The maximum atomic E-state index is 12.7. The molecule has 0 aliphatic carbocycles. The molecular weight excluding hydrogens is 286 g/mol. The van der Waals surface area contributed by atoms with Gasteiger partial charge in [-0.3, -0.25) is 0 Å². The van der Waals surface area contributed by atoms with Gasteiger partial charge < -0.3 is 5.73 Å². The zero-order valence-corrected chi connectivity index (χ0v) is 13.3. The van der Waals surface area contributed by atoms with Gasteiger partial charge in [0.05, 0.1) is 0 Å². The zero-order valence-electron chi connectivity index (χ0n) is 11.6. The minimum Gasteiger partial charge on any atom is -0.329 e. The summed E-state index contributed by atoms with van der Waals surface area (Å²) in [6.45, 7) is 4.52. The molecule has 2 rings (SSSR count). The highest BCUT2D eigenvalue weighted by atomic mass is 35.5. The van der Waals surface area contributed by atoms with E-state index < -0.39 is 10.2 Å². The molecule has 2 aliphatic rings. The lowest BCUT2D eigenvalue weighted by Crippen LogP contribution is -2.54. The molecule has 2 saturated heterocycles. The zero-order chi connectivity index (χ0) is 13.2. The van der Waals surface area contributed by atoms with Crippen molar-refractivity contribution in [3.05, 3.63) is 0 Å². The summed E-state index contributed by atoms with van der Waals surface area (Å²) in [5, 5.41) is 0. The van der Waals surface area contributed by atoms with Crippen LogP contribution in [0.4, 0.5) is 0 Å². The van der Waals surface area contributed by atoms with Gasteiger partial charge in [-0.25, -0.2) is 0 Å². The molecule has 7 heteroatoms. The third-order valence-corrected chi connectivity index (χ3v) is 6.15. The Morgan fingerprint density at radius 2 is 1.89 bits per heavy atom. The van der Waals surface area contributed by atoms with Crippen molar-refractivity contribution in [3.63, 3.8) is 0 Å². The second-order valence-corrected chi connectivity index (χ2v) is 7.49. The Bertz CT molecular complexity index is 377. The van der Waals surface area contributed by atoms with E-state index in [1.165, 1.54) is 0 Å². The molecule has 0 amide bonds. The van der Waals surface area contributed by atoms with Crippen molar-refractivity contribution in [2.75, 3.05) is 26.2 Å². The Kier molecular flexibility index (Phi) is 6.53. The molecule has 0 saturated carbocycles. The quantitative estimate of drug-likeness (QED) is 0.851. The highest BCUT2D eigenvalue weighted by molar-refractivity contribution is 7.86. The molecule has 2 N–H and O–H groups in total. The summed E-state index contributed by atoms with van der Waals surface area (Å²) in [6, 6.07) is 0.000910. The largest absolute Gasteiger partial charge is 0.329 e. The molecule has 2 heterocycles. The van der Waals surface area contributed by atoms with Crippen molar-refractivity contribution in [3.8, 4) is 0 Å². The predicted octanol–water partition coefficient (Wildman–Crippen LogP) is 1.20. The average molecular weight is 312 g/mol. The number of piperidine rings is 2. The number of nitrogens with zero attached hydrogens (tertiary/aromatic N) is 2. The SMILES string of the molecule is CC1CCCN(S(=O)(=O)N2CCCCC2CN)C1.Cl. The van der Waals surface area contributed by atoms with Gasteiger partial charge in [0.1, 0.15) is 0 Å². The monoisotopic (exact) mass is 311 g/mol. The van der Waals surface area contributed by atoms with Crippen LogP contribution in [0.1, 0.15) is 39.0 Å². The maximum absolute atomic E-state index is 12.7. The molecule has 0 bridgehead atoms. The average Bonchev–Trinajstić information content (AvgIpc) is 2.38. The van der Waals surface area contributed by atoms with Crippen LogP contribution in [0.5, 0.6) is 0 Å². The minimum absolute atomic E-state index is 0. The van der Waals surface area contributed by atoms with E-state index in [4.69, 9.17) is 5.73 Å². The molecule has 19 heavy (non-hydrogen) atoms. The highest BCUT2D eigenvalue weighted by Crippen LogP contribution is 2.25. The summed E-state index contributed by atoms with van der Waals surface area (Å²) in [6.07, 6.45) is 5.05. The van der Waals surface area contributed by atoms with Crippen LogP contribution in [-0.2, 0) is 10.2 Å². The molecule has 0 aromatic rings. The third kappa shape index (κ3) is 3.82. The number of halogens is 1. The van der Waals surface area contributed by atoms with E-state index in [0.717, 1.165) is 32.1 Å². The van der Waals surface area contributed by atoms with Gasteiger partial charge in [0.25, 0.3) is 10.2 Å². The molecule has 2 unspecified atom stereocenters. The van der Waals surface area contributed by atoms with Gasteiger partial charge in [-0.15, -0.1) is 12.4 Å². The van der Waals surface area contributed by atoms with Gasteiger partial charge >= 0.3 is 0 Å². The fourth-order valence-corrected chi connectivity index (χ4v) is 5.04. The fourth-order valence-electron chi connectivity index (χ4n) is 3.02. The normalized spacial score (nSPS) is 30.8. The fraction of sp³-hybridized carbons (Fsp3) is 1.00. The molecule has 2 atom stereocenters. The van der Waals surface area contributed by atoms with Gasteiger partial charge in [0.15, 0.2) is 0 Å². The summed E-state index contributed by atoms with van der Waals surface area (Å²) < 4.78 is 28.6. The van der Waals surface area contributed by atoms with Crippen LogP contribution in [0.2, 0.25) is 0 Å².